The number of fused-ring (bicyclic) bond motifs is 1. The van der Waals surface area contributed by atoms with Crippen molar-refractivity contribution < 1.29 is 13.9 Å². The van der Waals surface area contributed by atoms with E-state index in [4.69, 9.17) is 13.9 Å². The van der Waals surface area contributed by atoms with Gasteiger partial charge in [0, 0.05) is 11.6 Å². The van der Waals surface area contributed by atoms with E-state index in [9.17, 15) is 4.79 Å². The average molecular weight is 282 g/mol. The first kappa shape index (κ1) is 13.2. The first-order valence-corrected chi connectivity index (χ1v) is 6.48. The number of hydrogen-bond donors (Lipinski definition) is 0. The average Bonchev–Trinajstić information content (AvgIpc) is 2.53. The predicted molar refractivity (Wildman–Crippen MR) is 81.0 cm³/mol. The van der Waals surface area contributed by atoms with Gasteiger partial charge in [-0.3, -0.25) is 0 Å². The first-order valence-electron chi connectivity index (χ1n) is 6.48. The zero-order chi connectivity index (χ0) is 14.8. The molecule has 3 aromatic rings. The summed E-state index contributed by atoms with van der Waals surface area (Å²) in [7, 11) is 3.21. The zero-order valence-electron chi connectivity index (χ0n) is 11.8. The van der Waals surface area contributed by atoms with Crippen LogP contribution in [-0.2, 0) is 0 Å². The summed E-state index contributed by atoms with van der Waals surface area (Å²) in [5.41, 5.74) is 1.80. The Morgan fingerprint density at radius 1 is 0.952 bits per heavy atom. The smallest absolute Gasteiger partial charge is 0.336 e. The van der Waals surface area contributed by atoms with Gasteiger partial charge in [0.05, 0.1) is 19.6 Å². The van der Waals surface area contributed by atoms with Crippen molar-refractivity contribution in [2.24, 2.45) is 0 Å². The minimum absolute atomic E-state index is 0.387. The van der Waals surface area contributed by atoms with E-state index in [1.165, 1.54) is 6.07 Å². The Kier molecular flexibility index (Phi) is 3.36. The van der Waals surface area contributed by atoms with Gasteiger partial charge in [0.2, 0.25) is 0 Å². The molecule has 4 heteroatoms. The van der Waals surface area contributed by atoms with E-state index in [1.807, 2.05) is 30.3 Å². The van der Waals surface area contributed by atoms with Crippen LogP contribution in [0.5, 0.6) is 11.5 Å². The molecular weight excluding hydrogens is 268 g/mol. The van der Waals surface area contributed by atoms with Crippen molar-refractivity contribution in [3.05, 3.63) is 59.0 Å². The summed E-state index contributed by atoms with van der Waals surface area (Å²) in [6.07, 6.45) is 0. The molecular formula is C17H14O4. The van der Waals surface area contributed by atoms with Crippen molar-refractivity contribution in [2.45, 2.75) is 0 Å². The van der Waals surface area contributed by atoms with Crippen molar-refractivity contribution >= 4 is 11.0 Å². The molecule has 2 aromatic carbocycles. The van der Waals surface area contributed by atoms with E-state index < -0.39 is 0 Å². The Bertz CT molecular complexity index is 832. The molecule has 0 saturated heterocycles. The number of rotatable bonds is 3. The quantitative estimate of drug-likeness (QED) is 0.690. The van der Waals surface area contributed by atoms with Crippen LogP contribution in [0.4, 0.5) is 0 Å². The molecule has 0 bridgehead atoms. The molecule has 0 spiro atoms. The van der Waals surface area contributed by atoms with Gasteiger partial charge in [-0.1, -0.05) is 18.2 Å². The fourth-order valence-corrected chi connectivity index (χ4v) is 2.36. The lowest BCUT2D eigenvalue weighted by molar-refractivity contribution is 0.415. The van der Waals surface area contributed by atoms with Crippen molar-refractivity contribution in [3.63, 3.8) is 0 Å². The maximum atomic E-state index is 11.8. The van der Waals surface area contributed by atoms with Gasteiger partial charge < -0.3 is 13.9 Å². The Labute approximate surface area is 121 Å². The second kappa shape index (κ2) is 5.32. The highest BCUT2D eigenvalue weighted by atomic mass is 16.5. The largest absolute Gasteiger partial charge is 0.497 e. The molecule has 0 N–H and O–H groups in total. The maximum Gasteiger partial charge on any atom is 0.336 e. The van der Waals surface area contributed by atoms with Gasteiger partial charge in [-0.05, 0) is 29.8 Å². The standard InChI is InChI=1S/C17H14O4/c1-19-12-8-6-11(7-9-12)13-10-16(18)21-15-5-3-4-14(20-2)17(13)15/h3-10H,1-2H3. The SMILES string of the molecule is COc1ccc(-c2cc(=O)oc3cccc(OC)c23)cc1. The molecule has 0 saturated carbocycles. The molecule has 106 valence electrons. The molecule has 1 heterocycles. The molecule has 0 aliphatic heterocycles. The second-order valence-corrected chi connectivity index (χ2v) is 4.54. The van der Waals surface area contributed by atoms with Gasteiger partial charge in [0.15, 0.2) is 0 Å². The van der Waals surface area contributed by atoms with Crippen molar-refractivity contribution in [2.75, 3.05) is 14.2 Å². The van der Waals surface area contributed by atoms with Crippen LogP contribution in [0.25, 0.3) is 22.1 Å². The number of ether oxygens (including phenoxy) is 2. The summed E-state index contributed by atoms with van der Waals surface area (Å²) in [5, 5.41) is 0.782. The van der Waals surface area contributed by atoms with Crippen LogP contribution in [0, 0.1) is 0 Å². The topological polar surface area (TPSA) is 48.7 Å². The molecule has 0 amide bonds. The third-order valence-electron chi connectivity index (χ3n) is 3.35. The van der Waals surface area contributed by atoms with Gasteiger partial charge in [0.25, 0.3) is 0 Å². The molecule has 21 heavy (non-hydrogen) atoms. The van der Waals surface area contributed by atoms with E-state index in [2.05, 4.69) is 0 Å². The Morgan fingerprint density at radius 3 is 2.38 bits per heavy atom. The van der Waals surface area contributed by atoms with Gasteiger partial charge in [-0.25, -0.2) is 4.79 Å². The summed E-state index contributed by atoms with van der Waals surface area (Å²) in [4.78, 5) is 11.8. The normalized spacial score (nSPS) is 10.6. The van der Waals surface area contributed by atoms with Crippen LogP contribution in [0.1, 0.15) is 0 Å². The molecule has 0 unspecified atom stereocenters. The zero-order valence-corrected chi connectivity index (χ0v) is 11.8. The molecule has 0 aliphatic rings. The van der Waals surface area contributed by atoms with Gasteiger partial charge in [-0.15, -0.1) is 0 Å². The fourth-order valence-electron chi connectivity index (χ4n) is 2.36. The third kappa shape index (κ3) is 2.36. The molecule has 4 nitrogen and oxygen atoms in total. The Morgan fingerprint density at radius 2 is 1.71 bits per heavy atom. The molecule has 1 aromatic heterocycles. The van der Waals surface area contributed by atoms with Crippen LogP contribution in [0.3, 0.4) is 0 Å². The minimum Gasteiger partial charge on any atom is -0.497 e. The first-order chi connectivity index (χ1) is 10.2. The highest BCUT2D eigenvalue weighted by molar-refractivity contribution is 5.97. The van der Waals surface area contributed by atoms with E-state index in [0.717, 1.165) is 22.3 Å². The lowest BCUT2D eigenvalue weighted by atomic mass is 10.0. The van der Waals surface area contributed by atoms with Crippen LogP contribution in [0.15, 0.2) is 57.7 Å². The lowest BCUT2D eigenvalue weighted by Gasteiger charge is -2.10. The number of hydrogen-bond acceptors (Lipinski definition) is 4. The summed E-state index contributed by atoms with van der Waals surface area (Å²) < 4.78 is 15.8. The molecule has 3 rings (SSSR count). The summed E-state index contributed by atoms with van der Waals surface area (Å²) in [6.45, 7) is 0. The summed E-state index contributed by atoms with van der Waals surface area (Å²) in [6, 6.07) is 14.4. The molecule has 0 fully saturated rings. The van der Waals surface area contributed by atoms with E-state index >= 15 is 0 Å². The van der Waals surface area contributed by atoms with E-state index in [-0.39, 0.29) is 5.63 Å². The third-order valence-corrected chi connectivity index (χ3v) is 3.35. The fraction of sp³-hybridized carbons (Fsp3) is 0.118. The number of benzene rings is 2. The van der Waals surface area contributed by atoms with Gasteiger partial charge in [-0.2, -0.15) is 0 Å². The second-order valence-electron chi connectivity index (χ2n) is 4.54. The van der Waals surface area contributed by atoms with Gasteiger partial charge >= 0.3 is 5.63 Å². The lowest BCUT2D eigenvalue weighted by Crippen LogP contribution is -1.99. The van der Waals surface area contributed by atoms with Crippen LogP contribution in [-0.4, -0.2) is 14.2 Å². The molecule has 0 aliphatic carbocycles. The minimum atomic E-state index is -0.387. The predicted octanol–water partition coefficient (Wildman–Crippen LogP) is 3.48. The molecule has 0 atom stereocenters. The summed E-state index contributed by atoms with van der Waals surface area (Å²) >= 11 is 0. The van der Waals surface area contributed by atoms with E-state index in [0.29, 0.717) is 11.3 Å². The monoisotopic (exact) mass is 282 g/mol. The Hall–Kier alpha value is -2.75. The highest BCUT2D eigenvalue weighted by Crippen LogP contribution is 2.34. The van der Waals surface area contributed by atoms with Crippen LogP contribution < -0.4 is 15.1 Å². The van der Waals surface area contributed by atoms with Crippen LogP contribution >= 0.6 is 0 Å². The summed E-state index contributed by atoms with van der Waals surface area (Å²) in [5.74, 6) is 1.43. The van der Waals surface area contributed by atoms with Gasteiger partial charge in [0.1, 0.15) is 17.1 Å². The highest BCUT2D eigenvalue weighted by Gasteiger charge is 2.12. The van der Waals surface area contributed by atoms with Crippen LogP contribution in [0.2, 0.25) is 0 Å². The number of methoxy groups -OCH3 is 2. The van der Waals surface area contributed by atoms with Crippen molar-refractivity contribution in [1.82, 2.24) is 0 Å². The Balaban J connectivity index is 2.31. The van der Waals surface area contributed by atoms with Crippen molar-refractivity contribution in [1.29, 1.82) is 0 Å². The maximum absolute atomic E-state index is 11.8. The van der Waals surface area contributed by atoms with E-state index in [1.54, 1.807) is 26.4 Å². The molecule has 0 radical (unpaired) electrons. The van der Waals surface area contributed by atoms with Crippen molar-refractivity contribution in [3.8, 4) is 22.6 Å².